The molecule has 2 N–H and O–H groups in total. The van der Waals surface area contributed by atoms with Gasteiger partial charge in [-0.2, -0.15) is 0 Å². The molecule has 9 heteroatoms. The smallest absolute Gasteiger partial charge is 0.268 e. The number of hydrogen-bond donors (Lipinski definition) is 2. The first-order chi connectivity index (χ1) is 33.0. The van der Waals surface area contributed by atoms with Crippen LogP contribution in [0, 0.1) is 0 Å². The van der Waals surface area contributed by atoms with Crippen molar-refractivity contribution < 1.29 is 32.9 Å². The van der Waals surface area contributed by atoms with Gasteiger partial charge in [-0.15, -0.1) is 0 Å². The zero-order valence-electron chi connectivity index (χ0n) is 46.3. The molecule has 0 aliphatic heterocycles. The van der Waals surface area contributed by atoms with Gasteiger partial charge in [0.2, 0.25) is 5.91 Å². The average molecular weight is 984 g/mol. The molecule has 0 aliphatic rings. The maximum Gasteiger partial charge on any atom is 0.268 e. The first kappa shape index (κ1) is 67.2. The Labute approximate surface area is 424 Å². The number of carbonyl (C=O) groups excluding carboxylic acids is 1. The molecule has 3 atom stereocenters. The van der Waals surface area contributed by atoms with E-state index >= 15 is 0 Å². The number of nitrogens with one attached hydrogen (secondary N) is 1. The topological polar surface area (TPSA) is 108 Å². The Bertz CT molecular complexity index is 1120. The van der Waals surface area contributed by atoms with E-state index < -0.39 is 20.0 Å². The van der Waals surface area contributed by atoms with Gasteiger partial charge < -0.3 is 28.8 Å². The van der Waals surface area contributed by atoms with Gasteiger partial charge in [0, 0.05) is 6.42 Å². The fraction of sp³-hybridized carbons (Fsp3) is 0.949. The second-order valence-electron chi connectivity index (χ2n) is 22.1. The lowest BCUT2D eigenvalue weighted by molar-refractivity contribution is -0.870. The summed E-state index contributed by atoms with van der Waals surface area (Å²) in [5.41, 5.74) is 0. The third-order valence-corrected chi connectivity index (χ3v) is 15.0. The monoisotopic (exact) mass is 983 g/mol. The second-order valence-corrected chi connectivity index (χ2v) is 23.5. The van der Waals surface area contributed by atoms with Crippen molar-refractivity contribution >= 4 is 13.7 Å². The third kappa shape index (κ3) is 53.0. The van der Waals surface area contributed by atoms with Crippen LogP contribution in [0.15, 0.2) is 12.2 Å². The zero-order chi connectivity index (χ0) is 49.9. The van der Waals surface area contributed by atoms with E-state index in [-0.39, 0.29) is 19.1 Å². The fourth-order valence-corrected chi connectivity index (χ4v) is 10.00. The van der Waals surface area contributed by atoms with Gasteiger partial charge in [0.25, 0.3) is 7.82 Å². The lowest BCUT2D eigenvalue weighted by Crippen LogP contribution is -2.46. The predicted molar refractivity (Wildman–Crippen MR) is 293 cm³/mol. The van der Waals surface area contributed by atoms with Gasteiger partial charge in [0.05, 0.1) is 39.9 Å². The van der Waals surface area contributed by atoms with Gasteiger partial charge in [-0.3, -0.25) is 9.36 Å². The molecule has 0 aromatic heterocycles. The highest BCUT2D eigenvalue weighted by Gasteiger charge is 2.24. The van der Waals surface area contributed by atoms with Crippen LogP contribution in [0.25, 0.3) is 0 Å². The minimum atomic E-state index is -4.57. The van der Waals surface area contributed by atoms with Gasteiger partial charge in [-0.05, 0) is 38.5 Å². The number of hydrogen-bond acceptors (Lipinski definition) is 6. The van der Waals surface area contributed by atoms with Gasteiger partial charge in [-0.25, -0.2) is 0 Å². The summed E-state index contributed by atoms with van der Waals surface area (Å²) in [7, 11) is 1.32. The molecule has 0 saturated heterocycles. The maximum absolute atomic E-state index is 13.0. The highest BCUT2D eigenvalue weighted by Crippen LogP contribution is 2.38. The number of allylic oxidation sites excluding steroid dienone is 2. The van der Waals surface area contributed by atoms with E-state index in [1.165, 1.54) is 244 Å². The van der Waals surface area contributed by atoms with Crippen LogP contribution in [0.4, 0.5) is 0 Å². The molecule has 68 heavy (non-hydrogen) atoms. The molecular formula is C59H119N2O6P. The normalized spacial score (nSPS) is 13.9. The quantitative estimate of drug-likeness (QED) is 0.0272. The third-order valence-electron chi connectivity index (χ3n) is 14.0. The second kappa shape index (κ2) is 51.2. The molecule has 0 rings (SSSR count). The number of aliphatic hydroxyl groups excluding tert-OH is 1. The molecule has 0 aliphatic carbocycles. The molecule has 0 heterocycles. The zero-order valence-corrected chi connectivity index (χ0v) is 47.2. The molecule has 0 spiro atoms. The van der Waals surface area contributed by atoms with Crippen LogP contribution in [0.2, 0.25) is 0 Å². The van der Waals surface area contributed by atoms with Crippen LogP contribution in [-0.4, -0.2) is 68.5 Å². The van der Waals surface area contributed by atoms with Crippen LogP contribution < -0.4 is 10.2 Å². The average Bonchev–Trinajstić information content (AvgIpc) is 3.30. The Hall–Kier alpha value is -0.760. The molecule has 0 saturated carbocycles. The Kier molecular flexibility index (Phi) is 50.6. The van der Waals surface area contributed by atoms with Gasteiger partial charge in [-0.1, -0.05) is 276 Å². The standard InChI is InChI=1S/C59H119N2O6P/c1-6-8-10-12-14-16-18-20-22-24-26-28-29-30-31-32-33-35-37-39-41-43-45-47-49-51-53-59(63)60-57(56-67-68(64,65)66-55-54-61(3,4)5)58(62)52-50-48-46-44-42-40-38-36-34-27-25-23-21-19-17-15-13-11-9-7-2/h30-31,57-58,62H,6-29,32-56H2,1-5H3,(H-,60,63,64,65)/b31-30-. The number of rotatable bonds is 56. The maximum atomic E-state index is 13.0. The molecular weight excluding hydrogens is 864 g/mol. The largest absolute Gasteiger partial charge is 0.756 e. The number of nitrogens with zero attached hydrogens (tertiary/aromatic N) is 1. The molecule has 0 fully saturated rings. The minimum Gasteiger partial charge on any atom is -0.756 e. The SMILES string of the molecule is CCCCCCCCCCCCCC/C=C\CCCCCCCCCCCCC(=O)NC(COP(=O)([O-])OCC[N+](C)(C)C)C(O)CCCCCCCCCCCCCCCCCCCCCC. The fourth-order valence-electron chi connectivity index (χ4n) is 9.27. The van der Waals surface area contributed by atoms with Gasteiger partial charge in [0.15, 0.2) is 0 Å². The summed E-state index contributed by atoms with van der Waals surface area (Å²) in [4.78, 5) is 25.6. The summed E-state index contributed by atoms with van der Waals surface area (Å²) in [6.07, 6.45) is 62.5. The number of quaternary nitrogens is 1. The van der Waals surface area contributed by atoms with Crippen LogP contribution in [0.5, 0.6) is 0 Å². The highest BCUT2D eigenvalue weighted by molar-refractivity contribution is 7.45. The van der Waals surface area contributed by atoms with E-state index in [2.05, 4.69) is 31.3 Å². The first-order valence-corrected chi connectivity index (χ1v) is 31.5. The van der Waals surface area contributed by atoms with E-state index in [9.17, 15) is 19.4 Å². The van der Waals surface area contributed by atoms with Crippen molar-refractivity contribution in [3.8, 4) is 0 Å². The summed E-state index contributed by atoms with van der Waals surface area (Å²) in [6, 6.07) is -0.799. The first-order valence-electron chi connectivity index (χ1n) is 30.0. The Morgan fingerprint density at radius 3 is 1.15 bits per heavy atom. The predicted octanol–water partition coefficient (Wildman–Crippen LogP) is 17.6. The number of carbonyl (C=O) groups is 1. The summed E-state index contributed by atoms with van der Waals surface area (Å²) >= 11 is 0. The number of phosphoric ester groups is 1. The summed E-state index contributed by atoms with van der Waals surface area (Å²) in [5, 5.41) is 14.0. The molecule has 0 bridgehead atoms. The lowest BCUT2D eigenvalue weighted by Gasteiger charge is -2.30. The van der Waals surface area contributed by atoms with Crippen molar-refractivity contribution in [2.75, 3.05) is 40.9 Å². The molecule has 3 unspecified atom stereocenters. The van der Waals surface area contributed by atoms with Crippen LogP contribution >= 0.6 is 7.82 Å². The van der Waals surface area contributed by atoms with E-state index in [0.717, 1.165) is 38.5 Å². The van der Waals surface area contributed by atoms with Crippen molar-refractivity contribution in [3.63, 3.8) is 0 Å². The highest BCUT2D eigenvalue weighted by atomic mass is 31.2. The van der Waals surface area contributed by atoms with Crippen LogP contribution in [0.3, 0.4) is 0 Å². The Morgan fingerprint density at radius 1 is 0.500 bits per heavy atom. The molecule has 0 radical (unpaired) electrons. The van der Waals surface area contributed by atoms with Crippen molar-refractivity contribution in [1.29, 1.82) is 0 Å². The van der Waals surface area contributed by atoms with Crippen molar-refractivity contribution in [2.24, 2.45) is 0 Å². The van der Waals surface area contributed by atoms with E-state index in [1.807, 2.05) is 21.1 Å². The number of phosphoric acid groups is 1. The van der Waals surface area contributed by atoms with E-state index in [1.54, 1.807) is 0 Å². The molecule has 406 valence electrons. The summed E-state index contributed by atoms with van der Waals surface area (Å²) in [6.45, 7) is 4.77. The molecule has 0 aromatic carbocycles. The molecule has 1 amide bonds. The summed E-state index contributed by atoms with van der Waals surface area (Å²) in [5.74, 6) is -0.160. The number of likely N-dealkylation sites (N-methyl/N-ethyl adjacent to an activating group) is 1. The van der Waals surface area contributed by atoms with Crippen LogP contribution in [-0.2, 0) is 18.4 Å². The summed E-state index contributed by atoms with van der Waals surface area (Å²) < 4.78 is 23.4. The van der Waals surface area contributed by atoms with Gasteiger partial charge in [0.1, 0.15) is 13.2 Å². The van der Waals surface area contributed by atoms with Crippen molar-refractivity contribution in [3.05, 3.63) is 12.2 Å². The Balaban J connectivity index is 4.11. The lowest BCUT2D eigenvalue weighted by atomic mass is 10.0. The van der Waals surface area contributed by atoms with Crippen molar-refractivity contribution in [1.82, 2.24) is 5.32 Å². The Morgan fingerprint density at radius 2 is 0.809 bits per heavy atom. The van der Waals surface area contributed by atoms with E-state index in [0.29, 0.717) is 23.9 Å². The van der Waals surface area contributed by atoms with E-state index in [4.69, 9.17) is 9.05 Å². The number of unbranched alkanes of at least 4 members (excludes halogenated alkanes) is 41. The van der Waals surface area contributed by atoms with Crippen LogP contribution in [0.1, 0.15) is 309 Å². The molecule has 8 nitrogen and oxygen atoms in total. The minimum absolute atomic E-state index is 0.0146. The van der Waals surface area contributed by atoms with Crippen molar-refractivity contribution in [2.45, 2.75) is 321 Å². The number of amides is 1. The molecule has 0 aromatic rings. The van der Waals surface area contributed by atoms with Gasteiger partial charge >= 0.3 is 0 Å². The number of aliphatic hydroxyl groups is 1.